The quantitative estimate of drug-likeness (QED) is 0.133. The second kappa shape index (κ2) is 18.7. The highest BCUT2D eigenvalue weighted by Crippen LogP contribution is 2.19. The van der Waals surface area contributed by atoms with Crippen LogP contribution in [0.1, 0.15) is 38.2 Å². The minimum absolute atomic E-state index is 0.180. The van der Waals surface area contributed by atoms with Crippen molar-refractivity contribution in [1.29, 1.82) is 0 Å². The first-order valence-electron chi connectivity index (χ1n) is 14.0. The van der Waals surface area contributed by atoms with Crippen LogP contribution in [0.15, 0.2) is 54.6 Å². The summed E-state index contributed by atoms with van der Waals surface area (Å²) in [6, 6.07) is 15.6. The monoisotopic (exact) mass is 580 g/mol. The second-order valence-electron chi connectivity index (χ2n) is 9.59. The highest BCUT2D eigenvalue weighted by molar-refractivity contribution is 5.93. The molecule has 42 heavy (non-hydrogen) atoms. The minimum Gasteiger partial charge on any atom is -0.348 e. The third kappa shape index (κ3) is 12.3. The zero-order valence-electron chi connectivity index (χ0n) is 23.8. The van der Waals surface area contributed by atoms with E-state index in [0.717, 1.165) is 16.7 Å². The van der Waals surface area contributed by atoms with E-state index < -0.39 is 42.3 Å². The molecule has 0 saturated carbocycles. The summed E-state index contributed by atoms with van der Waals surface area (Å²) < 4.78 is 0. The van der Waals surface area contributed by atoms with Gasteiger partial charge in [0.05, 0.1) is 19.6 Å². The van der Waals surface area contributed by atoms with Crippen molar-refractivity contribution in [3.63, 3.8) is 0 Å². The molecule has 0 aliphatic heterocycles. The van der Waals surface area contributed by atoms with Gasteiger partial charge in [-0.1, -0.05) is 61.5 Å². The highest BCUT2D eigenvalue weighted by Gasteiger charge is 2.24. The fraction of sp³-hybridized carbons (Fsp3) is 0.400. The Morgan fingerprint density at radius 2 is 1.36 bits per heavy atom. The highest BCUT2D eigenvalue weighted by atomic mass is 16.2. The van der Waals surface area contributed by atoms with Crippen LogP contribution < -0.4 is 32.3 Å². The second-order valence-corrected chi connectivity index (χ2v) is 9.59. The van der Waals surface area contributed by atoms with Gasteiger partial charge in [-0.05, 0) is 42.5 Å². The van der Waals surface area contributed by atoms with Crippen LogP contribution in [0, 0.1) is 0 Å². The fourth-order valence-electron chi connectivity index (χ4n) is 4.04. The summed E-state index contributed by atoms with van der Waals surface area (Å²) in [5.41, 5.74) is 8.44. The summed E-state index contributed by atoms with van der Waals surface area (Å²) in [6.45, 7) is 1.15. The molecule has 2 aromatic carbocycles. The number of hydrogen-bond donors (Lipinski definition) is 6. The molecule has 0 aromatic heterocycles. The van der Waals surface area contributed by atoms with Gasteiger partial charge in [0, 0.05) is 12.8 Å². The summed E-state index contributed by atoms with van der Waals surface area (Å²) in [6.07, 6.45) is 2.23. The molecule has 226 valence electrons. The molecule has 12 heteroatoms. The SMILES string of the molecule is CCCC(=O)N[C@@H](Cc1ccc(-c2ccccc2)cc1)C(=O)NCC(=O)N[C@@H](CCCN)C(=O)NCC(=O)NCC=O. The first-order chi connectivity index (χ1) is 20.3. The van der Waals surface area contributed by atoms with Gasteiger partial charge in [0.1, 0.15) is 18.4 Å². The van der Waals surface area contributed by atoms with Gasteiger partial charge in [-0.25, -0.2) is 0 Å². The van der Waals surface area contributed by atoms with E-state index in [4.69, 9.17) is 5.73 Å². The lowest BCUT2D eigenvalue weighted by Gasteiger charge is -2.20. The summed E-state index contributed by atoms with van der Waals surface area (Å²) in [4.78, 5) is 72.6. The van der Waals surface area contributed by atoms with Crippen LogP contribution in [-0.2, 0) is 35.2 Å². The normalized spacial score (nSPS) is 11.9. The van der Waals surface area contributed by atoms with Crippen molar-refractivity contribution in [2.24, 2.45) is 5.73 Å². The number of hydrogen-bond acceptors (Lipinski definition) is 7. The summed E-state index contributed by atoms with van der Waals surface area (Å²) in [5.74, 6) is -2.61. The molecule has 0 saturated heterocycles. The number of aldehydes is 1. The number of benzene rings is 2. The zero-order valence-corrected chi connectivity index (χ0v) is 23.8. The van der Waals surface area contributed by atoms with Crippen LogP contribution in [0.4, 0.5) is 0 Å². The van der Waals surface area contributed by atoms with Gasteiger partial charge in [0.15, 0.2) is 0 Å². The van der Waals surface area contributed by atoms with E-state index in [1.807, 2.05) is 61.5 Å². The largest absolute Gasteiger partial charge is 0.348 e. The van der Waals surface area contributed by atoms with Crippen molar-refractivity contribution in [2.75, 3.05) is 26.2 Å². The Bertz CT molecular complexity index is 1190. The molecule has 0 spiro atoms. The Morgan fingerprint density at radius 3 is 1.98 bits per heavy atom. The van der Waals surface area contributed by atoms with Gasteiger partial charge in [0.25, 0.3) is 0 Å². The molecular formula is C30H40N6O6. The molecule has 7 N–H and O–H groups in total. The summed E-state index contributed by atoms with van der Waals surface area (Å²) >= 11 is 0. The molecular weight excluding hydrogens is 540 g/mol. The van der Waals surface area contributed by atoms with Gasteiger partial charge in [-0.15, -0.1) is 0 Å². The predicted molar refractivity (Wildman–Crippen MR) is 158 cm³/mol. The molecule has 2 atom stereocenters. The maximum absolute atomic E-state index is 13.1. The molecule has 0 aliphatic rings. The van der Waals surface area contributed by atoms with Crippen LogP contribution in [0.25, 0.3) is 11.1 Å². The molecule has 0 radical (unpaired) electrons. The molecule has 0 aliphatic carbocycles. The molecule has 0 fully saturated rings. The summed E-state index contributed by atoms with van der Waals surface area (Å²) in [5, 5.41) is 12.5. The van der Waals surface area contributed by atoms with Crippen LogP contribution in [0.5, 0.6) is 0 Å². The first-order valence-corrected chi connectivity index (χ1v) is 14.0. The van der Waals surface area contributed by atoms with Crippen molar-refractivity contribution >= 4 is 35.8 Å². The fourth-order valence-corrected chi connectivity index (χ4v) is 4.04. The Balaban J connectivity index is 2.00. The lowest BCUT2D eigenvalue weighted by Crippen LogP contribution is -2.53. The average Bonchev–Trinajstić information content (AvgIpc) is 3.00. The van der Waals surface area contributed by atoms with Gasteiger partial charge in [-0.2, -0.15) is 0 Å². The number of nitrogens with one attached hydrogen (secondary N) is 5. The third-order valence-corrected chi connectivity index (χ3v) is 6.21. The maximum Gasteiger partial charge on any atom is 0.243 e. The zero-order chi connectivity index (χ0) is 30.7. The van der Waals surface area contributed by atoms with Crippen molar-refractivity contribution in [3.8, 4) is 11.1 Å². The number of carbonyl (C=O) groups is 6. The standard InChI is InChI=1S/C30H40N6O6/c1-2-7-26(38)36-25(18-21-11-13-23(14-12-21)22-8-4-3-5-9-22)30(42)34-20-28(40)35-24(10-6-15-31)29(41)33-19-27(39)32-16-17-37/h3-5,8-9,11-14,17,24-25H,2,6-7,10,15-16,18-20,31H2,1H3,(H,32,39)(H,33,41)(H,34,42)(H,35,40)(H,36,38)/t24-,25-/m0/s1. The minimum atomic E-state index is -0.986. The number of amides is 5. The predicted octanol–water partition coefficient (Wildman–Crippen LogP) is -0.0478. The molecule has 0 unspecified atom stereocenters. The van der Waals surface area contributed by atoms with Gasteiger partial charge < -0.3 is 37.1 Å². The van der Waals surface area contributed by atoms with E-state index in [2.05, 4.69) is 26.6 Å². The van der Waals surface area contributed by atoms with Gasteiger partial charge >= 0.3 is 0 Å². The Morgan fingerprint density at radius 1 is 0.762 bits per heavy atom. The first kappa shape index (κ1) is 33.6. The summed E-state index contributed by atoms with van der Waals surface area (Å²) in [7, 11) is 0. The van der Waals surface area contributed by atoms with E-state index in [0.29, 0.717) is 19.1 Å². The Labute approximate surface area is 245 Å². The van der Waals surface area contributed by atoms with E-state index in [9.17, 15) is 28.8 Å². The van der Waals surface area contributed by atoms with Crippen LogP contribution in [0.3, 0.4) is 0 Å². The van der Waals surface area contributed by atoms with E-state index in [1.54, 1.807) is 0 Å². The molecule has 2 aromatic rings. The van der Waals surface area contributed by atoms with E-state index >= 15 is 0 Å². The topological polar surface area (TPSA) is 189 Å². The smallest absolute Gasteiger partial charge is 0.243 e. The van der Waals surface area contributed by atoms with Gasteiger partial charge in [-0.3, -0.25) is 24.0 Å². The molecule has 0 heterocycles. The number of rotatable bonds is 18. The van der Waals surface area contributed by atoms with E-state index in [1.165, 1.54) is 0 Å². The lowest BCUT2D eigenvalue weighted by atomic mass is 10.00. The molecule has 0 bridgehead atoms. The maximum atomic E-state index is 13.1. The molecule has 12 nitrogen and oxygen atoms in total. The third-order valence-electron chi connectivity index (χ3n) is 6.21. The lowest BCUT2D eigenvalue weighted by molar-refractivity contribution is -0.132. The van der Waals surface area contributed by atoms with Crippen LogP contribution in [0.2, 0.25) is 0 Å². The van der Waals surface area contributed by atoms with Crippen molar-refractivity contribution in [1.82, 2.24) is 26.6 Å². The van der Waals surface area contributed by atoms with Crippen molar-refractivity contribution in [2.45, 2.75) is 51.1 Å². The number of nitrogens with two attached hydrogens (primary N) is 1. The van der Waals surface area contributed by atoms with E-state index in [-0.39, 0.29) is 44.8 Å². The van der Waals surface area contributed by atoms with Crippen molar-refractivity contribution in [3.05, 3.63) is 60.2 Å². The van der Waals surface area contributed by atoms with Gasteiger partial charge in [0.2, 0.25) is 29.5 Å². The molecule has 5 amide bonds. The molecule has 2 rings (SSSR count). The van der Waals surface area contributed by atoms with Crippen molar-refractivity contribution < 1.29 is 28.8 Å². The Kier molecular flexibility index (Phi) is 15.0. The van der Waals surface area contributed by atoms with Crippen LogP contribution in [-0.4, -0.2) is 74.1 Å². The average molecular weight is 581 g/mol. The Hall–Kier alpha value is -4.58. The number of carbonyl (C=O) groups excluding carboxylic acids is 6. The van der Waals surface area contributed by atoms with Crippen LogP contribution >= 0.6 is 0 Å².